The summed E-state index contributed by atoms with van der Waals surface area (Å²) in [4.78, 5) is 14.3. The fourth-order valence-corrected chi connectivity index (χ4v) is 4.67. The molecule has 0 aromatic heterocycles. The molecule has 1 aromatic carbocycles. The number of nitriles is 1. The number of benzene rings is 1. The van der Waals surface area contributed by atoms with Gasteiger partial charge < -0.3 is 4.90 Å². The van der Waals surface area contributed by atoms with Gasteiger partial charge in [0, 0.05) is 31.1 Å². The van der Waals surface area contributed by atoms with E-state index in [-0.39, 0.29) is 17.6 Å². The lowest BCUT2D eigenvalue weighted by molar-refractivity contribution is 0.0707. The standard InChI is InChI=1S/C16H19N3O3S/c17-12-13-5-8-18(9-6-13)16(20)14-3-1-4-15(11-14)19-7-2-10-23(19,21)22/h1,3-4,11,13H,2,5-10H2. The van der Waals surface area contributed by atoms with Gasteiger partial charge in [-0.1, -0.05) is 6.07 Å². The Kier molecular flexibility index (Phi) is 4.26. The average molecular weight is 333 g/mol. The summed E-state index contributed by atoms with van der Waals surface area (Å²) in [5.74, 6) is 0.0901. The van der Waals surface area contributed by atoms with Crippen LogP contribution in [0.5, 0.6) is 0 Å². The van der Waals surface area contributed by atoms with Gasteiger partial charge in [-0.05, 0) is 37.5 Å². The van der Waals surface area contributed by atoms with Crippen molar-refractivity contribution in [1.82, 2.24) is 4.90 Å². The molecule has 2 aliphatic heterocycles. The highest BCUT2D eigenvalue weighted by Gasteiger charge is 2.29. The SMILES string of the molecule is N#CC1CCN(C(=O)c2cccc(N3CCCS3(=O)=O)c2)CC1. The number of sulfonamides is 1. The normalized spacial score (nSPS) is 21.2. The molecule has 6 nitrogen and oxygen atoms in total. The van der Waals surface area contributed by atoms with E-state index in [9.17, 15) is 13.2 Å². The Morgan fingerprint density at radius 2 is 1.96 bits per heavy atom. The smallest absolute Gasteiger partial charge is 0.253 e. The zero-order valence-corrected chi connectivity index (χ0v) is 13.6. The van der Waals surface area contributed by atoms with Gasteiger partial charge in [0.15, 0.2) is 0 Å². The minimum absolute atomic E-state index is 0.0279. The number of amides is 1. The van der Waals surface area contributed by atoms with Crippen molar-refractivity contribution in [2.75, 3.05) is 29.7 Å². The predicted octanol–water partition coefficient (Wildman–Crippen LogP) is 1.60. The molecule has 2 aliphatic rings. The number of carbonyl (C=O) groups is 1. The van der Waals surface area contributed by atoms with E-state index in [0.29, 0.717) is 50.1 Å². The minimum Gasteiger partial charge on any atom is -0.339 e. The zero-order chi connectivity index (χ0) is 16.4. The van der Waals surface area contributed by atoms with Crippen LogP contribution < -0.4 is 4.31 Å². The maximum absolute atomic E-state index is 12.6. The fraction of sp³-hybridized carbons (Fsp3) is 0.500. The van der Waals surface area contributed by atoms with Crippen LogP contribution in [-0.4, -0.2) is 44.6 Å². The largest absolute Gasteiger partial charge is 0.339 e. The monoisotopic (exact) mass is 333 g/mol. The van der Waals surface area contributed by atoms with Crippen molar-refractivity contribution in [3.05, 3.63) is 29.8 Å². The summed E-state index contributed by atoms with van der Waals surface area (Å²) in [6.45, 7) is 1.61. The van der Waals surface area contributed by atoms with E-state index in [1.165, 1.54) is 4.31 Å². The summed E-state index contributed by atoms with van der Waals surface area (Å²) in [6.07, 6.45) is 2.01. The molecule has 0 spiro atoms. The first kappa shape index (κ1) is 15.8. The molecule has 122 valence electrons. The van der Waals surface area contributed by atoms with E-state index >= 15 is 0 Å². The lowest BCUT2D eigenvalue weighted by Gasteiger charge is -2.29. The van der Waals surface area contributed by atoms with E-state index < -0.39 is 10.0 Å². The van der Waals surface area contributed by atoms with Gasteiger partial charge in [-0.25, -0.2) is 8.42 Å². The van der Waals surface area contributed by atoms with Crippen LogP contribution in [-0.2, 0) is 10.0 Å². The molecule has 2 fully saturated rings. The van der Waals surface area contributed by atoms with Crippen molar-refractivity contribution < 1.29 is 13.2 Å². The molecule has 0 bridgehead atoms. The molecule has 1 amide bonds. The van der Waals surface area contributed by atoms with Crippen LogP contribution >= 0.6 is 0 Å². The van der Waals surface area contributed by atoms with Crippen molar-refractivity contribution in [2.24, 2.45) is 5.92 Å². The molecule has 2 heterocycles. The van der Waals surface area contributed by atoms with Crippen molar-refractivity contribution in [3.8, 4) is 6.07 Å². The van der Waals surface area contributed by atoms with Crippen LogP contribution in [0.1, 0.15) is 29.6 Å². The number of piperidine rings is 1. The average Bonchev–Trinajstić information content (AvgIpc) is 2.93. The Morgan fingerprint density at radius 3 is 2.57 bits per heavy atom. The third kappa shape index (κ3) is 3.17. The van der Waals surface area contributed by atoms with Crippen molar-refractivity contribution >= 4 is 21.6 Å². The molecule has 0 unspecified atom stereocenters. The Balaban J connectivity index is 1.78. The summed E-state index contributed by atoms with van der Waals surface area (Å²) < 4.78 is 25.4. The third-order valence-electron chi connectivity index (χ3n) is 4.45. The van der Waals surface area contributed by atoms with Crippen LogP contribution in [0.3, 0.4) is 0 Å². The van der Waals surface area contributed by atoms with Gasteiger partial charge in [0.25, 0.3) is 5.91 Å². The van der Waals surface area contributed by atoms with Gasteiger partial charge in [0.2, 0.25) is 10.0 Å². The van der Waals surface area contributed by atoms with Gasteiger partial charge in [-0.2, -0.15) is 5.26 Å². The van der Waals surface area contributed by atoms with Crippen LogP contribution in [0.15, 0.2) is 24.3 Å². The molecular weight excluding hydrogens is 314 g/mol. The molecule has 0 saturated carbocycles. The van der Waals surface area contributed by atoms with Crippen molar-refractivity contribution in [3.63, 3.8) is 0 Å². The number of hydrogen-bond donors (Lipinski definition) is 0. The lowest BCUT2D eigenvalue weighted by Crippen LogP contribution is -2.38. The highest BCUT2D eigenvalue weighted by molar-refractivity contribution is 7.93. The van der Waals surface area contributed by atoms with Gasteiger partial charge in [-0.3, -0.25) is 9.10 Å². The molecule has 0 radical (unpaired) electrons. The van der Waals surface area contributed by atoms with Crippen molar-refractivity contribution in [1.29, 1.82) is 5.26 Å². The maximum atomic E-state index is 12.6. The van der Waals surface area contributed by atoms with Crippen molar-refractivity contribution in [2.45, 2.75) is 19.3 Å². The van der Waals surface area contributed by atoms with E-state index in [1.54, 1.807) is 29.2 Å². The molecule has 2 saturated heterocycles. The number of anilines is 1. The van der Waals surface area contributed by atoms with E-state index in [0.717, 1.165) is 0 Å². The summed E-state index contributed by atoms with van der Waals surface area (Å²) in [5, 5.41) is 8.92. The van der Waals surface area contributed by atoms with Crippen LogP contribution in [0.2, 0.25) is 0 Å². The van der Waals surface area contributed by atoms with Gasteiger partial charge in [0.1, 0.15) is 0 Å². The molecule has 0 aliphatic carbocycles. The minimum atomic E-state index is -3.25. The first-order valence-electron chi connectivity index (χ1n) is 7.80. The quantitative estimate of drug-likeness (QED) is 0.823. The summed E-state index contributed by atoms with van der Waals surface area (Å²) >= 11 is 0. The fourth-order valence-electron chi connectivity index (χ4n) is 3.12. The van der Waals surface area contributed by atoms with Crippen LogP contribution in [0.25, 0.3) is 0 Å². The second-order valence-corrected chi connectivity index (χ2v) is 8.00. The molecule has 0 N–H and O–H groups in total. The first-order chi connectivity index (χ1) is 11.0. The first-order valence-corrected chi connectivity index (χ1v) is 9.41. The molecule has 23 heavy (non-hydrogen) atoms. The summed E-state index contributed by atoms with van der Waals surface area (Å²) in [6, 6.07) is 9.06. The van der Waals surface area contributed by atoms with Gasteiger partial charge in [0.05, 0.1) is 17.5 Å². The van der Waals surface area contributed by atoms with E-state index in [1.807, 2.05) is 0 Å². The number of hydrogen-bond acceptors (Lipinski definition) is 4. The van der Waals surface area contributed by atoms with E-state index in [2.05, 4.69) is 6.07 Å². The zero-order valence-electron chi connectivity index (χ0n) is 12.8. The molecule has 7 heteroatoms. The Hall–Kier alpha value is -2.07. The third-order valence-corrected chi connectivity index (χ3v) is 6.31. The Morgan fingerprint density at radius 1 is 1.22 bits per heavy atom. The summed E-state index contributed by atoms with van der Waals surface area (Å²) in [5.41, 5.74) is 1.06. The van der Waals surface area contributed by atoms with Gasteiger partial charge >= 0.3 is 0 Å². The highest BCUT2D eigenvalue weighted by atomic mass is 32.2. The maximum Gasteiger partial charge on any atom is 0.253 e. The Labute approximate surface area is 136 Å². The van der Waals surface area contributed by atoms with E-state index in [4.69, 9.17) is 5.26 Å². The second-order valence-electron chi connectivity index (χ2n) is 5.99. The molecule has 3 rings (SSSR count). The molecular formula is C16H19N3O3S. The Bertz CT molecular complexity index is 746. The summed E-state index contributed by atoms with van der Waals surface area (Å²) in [7, 11) is -3.25. The molecule has 0 atom stereocenters. The van der Waals surface area contributed by atoms with Crippen LogP contribution in [0.4, 0.5) is 5.69 Å². The number of likely N-dealkylation sites (tertiary alicyclic amines) is 1. The number of nitrogens with zero attached hydrogens (tertiary/aromatic N) is 3. The molecule has 1 aromatic rings. The second kappa shape index (κ2) is 6.20. The van der Waals surface area contributed by atoms with Gasteiger partial charge in [-0.15, -0.1) is 0 Å². The number of rotatable bonds is 2. The topological polar surface area (TPSA) is 81.5 Å². The predicted molar refractivity (Wildman–Crippen MR) is 86.4 cm³/mol. The number of carbonyl (C=O) groups excluding carboxylic acids is 1. The lowest BCUT2D eigenvalue weighted by atomic mass is 9.98. The highest BCUT2D eigenvalue weighted by Crippen LogP contribution is 2.26. The van der Waals surface area contributed by atoms with Crippen LogP contribution in [0, 0.1) is 17.2 Å².